The Balaban J connectivity index is 1.01. The van der Waals surface area contributed by atoms with E-state index in [4.69, 9.17) is 14.1 Å². The SMILES string of the molecule is c1ccc(Cc2nn[nH]n2)c(COc2ccc3oc(-c4nc(C56CC7CC(CC(C7)C5)C6)cs4)cc3c2)c1. The summed E-state index contributed by atoms with van der Waals surface area (Å²) in [6.45, 7) is 0.463. The fourth-order valence-corrected chi connectivity index (χ4v) is 8.62. The minimum atomic E-state index is 0.316. The summed E-state index contributed by atoms with van der Waals surface area (Å²) in [6, 6.07) is 16.3. The van der Waals surface area contributed by atoms with Gasteiger partial charge < -0.3 is 9.15 Å². The van der Waals surface area contributed by atoms with Crippen molar-refractivity contribution in [3.8, 4) is 16.5 Å². The van der Waals surface area contributed by atoms with Gasteiger partial charge in [0.25, 0.3) is 0 Å². The van der Waals surface area contributed by atoms with E-state index in [0.29, 0.717) is 24.3 Å². The van der Waals surface area contributed by atoms with Crippen molar-refractivity contribution in [2.45, 2.75) is 57.0 Å². The maximum atomic E-state index is 6.25. The van der Waals surface area contributed by atoms with E-state index in [2.05, 4.69) is 50.3 Å². The van der Waals surface area contributed by atoms with Gasteiger partial charge in [-0.1, -0.05) is 29.5 Å². The van der Waals surface area contributed by atoms with Crippen LogP contribution >= 0.6 is 11.3 Å². The van der Waals surface area contributed by atoms with Crippen LogP contribution in [0, 0.1) is 17.8 Å². The maximum Gasteiger partial charge on any atom is 0.178 e. The normalized spacial score (nSPS) is 25.8. The second kappa shape index (κ2) is 8.76. The van der Waals surface area contributed by atoms with Crippen LogP contribution in [0.2, 0.25) is 0 Å². The highest BCUT2D eigenvalue weighted by atomic mass is 32.1. The van der Waals surface area contributed by atoms with Gasteiger partial charge in [-0.25, -0.2) is 4.98 Å². The molecule has 4 saturated carbocycles. The maximum absolute atomic E-state index is 6.25. The minimum absolute atomic E-state index is 0.316. The quantitative estimate of drug-likeness (QED) is 0.255. The first kappa shape index (κ1) is 22.5. The molecule has 0 aliphatic heterocycles. The van der Waals surface area contributed by atoms with Crippen LogP contribution in [0.15, 0.2) is 58.3 Å². The number of benzene rings is 2. The van der Waals surface area contributed by atoms with Crippen LogP contribution < -0.4 is 4.74 Å². The number of tetrazole rings is 1. The van der Waals surface area contributed by atoms with E-state index in [1.54, 1.807) is 11.3 Å². The lowest BCUT2D eigenvalue weighted by molar-refractivity contribution is -0.00689. The molecule has 5 aromatic rings. The van der Waals surface area contributed by atoms with E-state index in [1.807, 2.05) is 24.3 Å². The third kappa shape index (κ3) is 3.93. The predicted octanol–water partition coefficient (Wildman–Crippen LogP) is 6.71. The van der Waals surface area contributed by atoms with Gasteiger partial charge in [0, 0.05) is 22.6 Å². The first-order valence-corrected chi connectivity index (χ1v) is 14.5. The summed E-state index contributed by atoms with van der Waals surface area (Å²) in [5, 5.41) is 18.7. The molecule has 4 aliphatic carbocycles. The first-order chi connectivity index (χ1) is 18.7. The molecule has 0 saturated heterocycles. The Morgan fingerprint density at radius 3 is 2.53 bits per heavy atom. The van der Waals surface area contributed by atoms with Gasteiger partial charge in [0.15, 0.2) is 16.6 Å². The minimum Gasteiger partial charge on any atom is -0.489 e. The molecule has 7 nitrogen and oxygen atoms in total. The number of nitrogens with one attached hydrogen (secondary N) is 1. The molecule has 0 spiro atoms. The van der Waals surface area contributed by atoms with Crippen molar-refractivity contribution in [1.82, 2.24) is 25.6 Å². The number of hydrogen-bond acceptors (Lipinski definition) is 7. The molecule has 9 rings (SSSR count). The monoisotopic (exact) mass is 523 g/mol. The van der Waals surface area contributed by atoms with Crippen LogP contribution in [0.5, 0.6) is 5.75 Å². The molecule has 0 amide bonds. The van der Waals surface area contributed by atoms with Crippen LogP contribution in [0.25, 0.3) is 21.7 Å². The number of rotatable bonds is 7. The van der Waals surface area contributed by atoms with E-state index < -0.39 is 0 Å². The first-order valence-electron chi connectivity index (χ1n) is 13.6. The number of aromatic amines is 1. The van der Waals surface area contributed by atoms with Crippen molar-refractivity contribution in [3.05, 3.63) is 76.6 Å². The number of ether oxygens (including phenoxy) is 1. The summed E-state index contributed by atoms with van der Waals surface area (Å²) < 4.78 is 12.4. The number of aromatic nitrogens is 5. The van der Waals surface area contributed by atoms with Gasteiger partial charge >= 0.3 is 0 Å². The van der Waals surface area contributed by atoms with Gasteiger partial charge in [-0.15, -0.1) is 21.5 Å². The number of H-pyrrole nitrogens is 1. The van der Waals surface area contributed by atoms with Gasteiger partial charge in [0.1, 0.15) is 17.9 Å². The Hall–Kier alpha value is -3.52. The molecule has 2 aromatic carbocycles. The summed E-state index contributed by atoms with van der Waals surface area (Å²) in [6.07, 6.45) is 8.97. The number of nitrogens with zero attached hydrogens (tertiary/aromatic N) is 4. The fourth-order valence-electron chi connectivity index (χ4n) is 7.73. The smallest absolute Gasteiger partial charge is 0.178 e. The van der Waals surface area contributed by atoms with Gasteiger partial charge in [-0.05, 0) is 91.7 Å². The molecular formula is C30H29N5O2S. The lowest BCUT2D eigenvalue weighted by Gasteiger charge is -2.56. The number of thiazole rings is 1. The highest BCUT2D eigenvalue weighted by molar-refractivity contribution is 7.13. The zero-order valence-electron chi connectivity index (χ0n) is 21.1. The molecule has 3 aromatic heterocycles. The average molecular weight is 524 g/mol. The van der Waals surface area contributed by atoms with E-state index in [-0.39, 0.29) is 0 Å². The molecule has 4 bridgehead atoms. The van der Waals surface area contributed by atoms with Crippen molar-refractivity contribution in [2.24, 2.45) is 17.8 Å². The Labute approximate surface area is 224 Å². The number of hydrogen-bond donors (Lipinski definition) is 1. The van der Waals surface area contributed by atoms with E-state index in [1.165, 1.54) is 44.2 Å². The second-order valence-electron chi connectivity index (χ2n) is 11.6. The fraction of sp³-hybridized carbons (Fsp3) is 0.400. The summed E-state index contributed by atoms with van der Waals surface area (Å²) in [7, 11) is 0. The highest BCUT2D eigenvalue weighted by Gasteiger charge is 2.52. The molecule has 4 aliphatic rings. The van der Waals surface area contributed by atoms with Gasteiger partial charge in [-0.3, -0.25) is 0 Å². The van der Waals surface area contributed by atoms with Crippen molar-refractivity contribution >= 4 is 22.3 Å². The van der Waals surface area contributed by atoms with Crippen molar-refractivity contribution in [3.63, 3.8) is 0 Å². The lowest BCUT2D eigenvalue weighted by atomic mass is 9.49. The molecule has 8 heteroatoms. The van der Waals surface area contributed by atoms with Gasteiger partial charge in [0.2, 0.25) is 0 Å². The van der Waals surface area contributed by atoms with E-state index >= 15 is 0 Å². The summed E-state index contributed by atoms with van der Waals surface area (Å²) in [4.78, 5) is 5.18. The van der Waals surface area contributed by atoms with Crippen LogP contribution in [-0.2, 0) is 18.4 Å². The zero-order valence-corrected chi connectivity index (χ0v) is 21.9. The summed E-state index contributed by atoms with van der Waals surface area (Å²) in [5.74, 6) is 5.08. The van der Waals surface area contributed by atoms with Gasteiger partial charge in [-0.2, -0.15) is 5.21 Å². The number of furan rings is 1. The second-order valence-corrected chi connectivity index (χ2v) is 12.5. The van der Waals surface area contributed by atoms with Crippen LogP contribution in [0.4, 0.5) is 0 Å². The Morgan fingerprint density at radius 2 is 1.76 bits per heavy atom. The zero-order chi connectivity index (χ0) is 25.1. The number of fused-ring (bicyclic) bond motifs is 1. The Bertz CT molecular complexity index is 1570. The lowest BCUT2D eigenvalue weighted by Crippen LogP contribution is -2.48. The van der Waals surface area contributed by atoms with E-state index in [9.17, 15) is 0 Å². The molecular weight excluding hydrogens is 494 g/mol. The summed E-state index contributed by atoms with van der Waals surface area (Å²) >= 11 is 1.73. The standard InChI is InChI=1S/C30H29N5O2S/c1-2-4-22(21(3-1)12-28-32-34-35-33-28)16-36-24-5-6-25-23(10-24)11-26(37-25)29-31-27(17-38-29)30-13-18-7-19(14-30)9-20(8-18)15-30/h1-6,10-11,17-20H,7-9,12-16H2,(H,32,33,34,35). The average Bonchev–Trinajstić information content (AvgIpc) is 3.68. The third-order valence-electron chi connectivity index (χ3n) is 9.03. The topological polar surface area (TPSA) is 89.7 Å². The van der Waals surface area contributed by atoms with E-state index in [0.717, 1.165) is 56.4 Å². The molecule has 192 valence electrons. The third-order valence-corrected chi connectivity index (χ3v) is 9.89. The molecule has 4 fully saturated rings. The van der Waals surface area contributed by atoms with Crippen molar-refractivity contribution in [2.75, 3.05) is 0 Å². The largest absolute Gasteiger partial charge is 0.489 e. The van der Waals surface area contributed by atoms with Crippen LogP contribution in [0.1, 0.15) is 61.2 Å². The van der Waals surface area contributed by atoms with Gasteiger partial charge in [0.05, 0.1) is 5.69 Å². The Morgan fingerprint density at radius 1 is 0.974 bits per heavy atom. The van der Waals surface area contributed by atoms with Crippen LogP contribution in [0.3, 0.4) is 0 Å². The van der Waals surface area contributed by atoms with Crippen molar-refractivity contribution in [1.29, 1.82) is 0 Å². The van der Waals surface area contributed by atoms with Crippen LogP contribution in [-0.4, -0.2) is 25.6 Å². The molecule has 0 radical (unpaired) electrons. The molecule has 0 unspecified atom stereocenters. The van der Waals surface area contributed by atoms with Crippen molar-refractivity contribution < 1.29 is 9.15 Å². The molecule has 0 atom stereocenters. The Kier molecular flexibility index (Phi) is 5.18. The summed E-state index contributed by atoms with van der Waals surface area (Å²) in [5.41, 5.74) is 4.72. The molecule has 3 heterocycles. The molecule has 38 heavy (non-hydrogen) atoms. The highest BCUT2D eigenvalue weighted by Crippen LogP contribution is 2.60. The predicted molar refractivity (Wildman–Crippen MR) is 145 cm³/mol. The molecule has 1 N–H and O–H groups in total.